The van der Waals surface area contributed by atoms with Gasteiger partial charge in [-0.05, 0) is 0 Å². The summed E-state index contributed by atoms with van der Waals surface area (Å²) in [6.45, 7) is 4.44. The molecule has 0 aromatic rings. The van der Waals surface area contributed by atoms with Gasteiger partial charge in [-0.1, -0.05) is 6.08 Å². The van der Waals surface area contributed by atoms with E-state index in [1.54, 1.807) is 0 Å². The van der Waals surface area contributed by atoms with Gasteiger partial charge in [0.2, 0.25) is 0 Å². The molecule has 8 heteroatoms. The van der Waals surface area contributed by atoms with Crippen LogP contribution in [0.25, 0.3) is 0 Å². The van der Waals surface area contributed by atoms with Crippen LogP contribution >= 0.6 is 0 Å². The third-order valence-corrected chi connectivity index (χ3v) is 2.88. The Morgan fingerprint density at radius 1 is 1.53 bits per heavy atom. The highest BCUT2D eigenvalue weighted by atomic mass is 16.6. The maximum absolute atomic E-state index is 11.3. The van der Waals surface area contributed by atoms with E-state index in [-0.39, 0.29) is 6.61 Å². The van der Waals surface area contributed by atoms with Crippen molar-refractivity contribution in [2.24, 2.45) is 0 Å². The van der Waals surface area contributed by atoms with Crippen LogP contribution in [0.1, 0.15) is 6.92 Å². The molecule has 19 heavy (non-hydrogen) atoms. The van der Waals surface area contributed by atoms with Crippen LogP contribution in [0.5, 0.6) is 0 Å². The molecule has 8 nitrogen and oxygen atoms in total. The molecule has 0 aliphatic carbocycles. The number of esters is 1. The molecule has 1 aliphatic rings. The van der Waals surface area contributed by atoms with Crippen molar-refractivity contribution in [1.29, 1.82) is 0 Å². The molecule has 1 fully saturated rings. The lowest BCUT2D eigenvalue weighted by Gasteiger charge is -2.32. The average Bonchev–Trinajstić information content (AvgIpc) is 2.61. The van der Waals surface area contributed by atoms with Gasteiger partial charge >= 0.3 is 12.1 Å². The number of aliphatic hydroxyl groups excluding tert-OH is 2. The monoisotopic (exact) mass is 275 g/mol. The zero-order chi connectivity index (χ0) is 14.6. The number of carbonyl (C=O) groups is 2. The molecule has 0 radical (unpaired) electrons. The van der Waals surface area contributed by atoms with Gasteiger partial charge in [0.15, 0.2) is 6.29 Å². The van der Waals surface area contributed by atoms with Crippen LogP contribution in [0.3, 0.4) is 0 Å². The number of methoxy groups -OCH3 is 1. The maximum Gasteiger partial charge on any atom is 0.407 e. The first-order valence-corrected chi connectivity index (χ1v) is 5.52. The number of ether oxygens (including phenoxy) is 3. The fraction of sp³-hybridized carbons (Fsp3) is 0.636. The largest absolute Gasteiger partial charge is 0.463 e. The summed E-state index contributed by atoms with van der Waals surface area (Å²) in [7, 11) is 1.14. The maximum atomic E-state index is 11.3. The molecule has 0 bridgehead atoms. The summed E-state index contributed by atoms with van der Waals surface area (Å²) in [6, 6.07) is 0. The molecule has 1 aliphatic heterocycles. The van der Waals surface area contributed by atoms with Crippen LogP contribution in [0.2, 0.25) is 0 Å². The third kappa shape index (κ3) is 3.03. The van der Waals surface area contributed by atoms with Crippen molar-refractivity contribution in [3.63, 3.8) is 0 Å². The molecule has 1 amide bonds. The fourth-order valence-electron chi connectivity index (χ4n) is 1.84. The summed E-state index contributed by atoms with van der Waals surface area (Å²) in [6.07, 6.45) is -3.64. The van der Waals surface area contributed by atoms with Gasteiger partial charge < -0.3 is 29.7 Å². The smallest absolute Gasteiger partial charge is 0.407 e. The van der Waals surface area contributed by atoms with Gasteiger partial charge in [0.1, 0.15) is 24.4 Å². The van der Waals surface area contributed by atoms with E-state index in [0.29, 0.717) is 0 Å². The van der Waals surface area contributed by atoms with Crippen molar-refractivity contribution in [3.05, 3.63) is 12.7 Å². The van der Waals surface area contributed by atoms with E-state index in [4.69, 9.17) is 9.47 Å². The molecular weight excluding hydrogens is 258 g/mol. The van der Waals surface area contributed by atoms with Crippen LogP contribution in [0.4, 0.5) is 4.79 Å². The molecule has 0 aromatic heterocycles. The second-order valence-electron chi connectivity index (χ2n) is 4.02. The SMILES string of the molecule is C=C[C@]1(NC(=O)OC)[C@@H](COC(C)=O)OC(O)[C@@H]1O. The minimum atomic E-state index is -1.55. The lowest BCUT2D eigenvalue weighted by molar-refractivity contribution is -0.155. The molecule has 0 spiro atoms. The number of rotatable bonds is 4. The Balaban J connectivity index is 2.95. The van der Waals surface area contributed by atoms with E-state index < -0.39 is 36.1 Å². The predicted octanol–water partition coefficient (Wildman–Crippen LogP) is -1.09. The molecular formula is C11H17NO7. The Morgan fingerprint density at radius 2 is 2.16 bits per heavy atom. The molecule has 1 unspecified atom stereocenters. The van der Waals surface area contributed by atoms with Gasteiger partial charge in [0.25, 0.3) is 0 Å². The Labute approximate surface area is 109 Å². The van der Waals surface area contributed by atoms with E-state index in [2.05, 4.69) is 16.6 Å². The van der Waals surface area contributed by atoms with Crippen molar-refractivity contribution >= 4 is 12.1 Å². The Morgan fingerprint density at radius 3 is 2.63 bits per heavy atom. The van der Waals surface area contributed by atoms with Crippen LogP contribution in [0.15, 0.2) is 12.7 Å². The Hall–Kier alpha value is -1.64. The molecule has 0 aromatic carbocycles. The minimum absolute atomic E-state index is 0.264. The second-order valence-corrected chi connectivity index (χ2v) is 4.02. The summed E-state index contributed by atoms with van der Waals surface area (Å²) in [5, 5.41) is 21.8. The first kappa shape index (κ1) is 15.4. The normalized spacial score (nSPS) is 33.6. The van der Waals surface area contributed by atoms with E-state index in [1.807, 2.05) is 0 Å². The highest BCUT2D eigenvalue weighted by Gasteiger charge is 2.55. The number of alkyl carbamates (subject to hydrolysis) is 1. The molecule has 1 saturated heterocycles. The van der Waals surface area contributed by atoms with Crippen LogP contribution in [-0.2, 0) is 19.0 Å². The van der Waals surface area contributed by atoms with Crippen LogP contribution in [0, 0.1) is 0 Å². The predicted molar refractivity (Wildman–Crippen MR) is 62.0 cm³/mol. The summed E-state index contributed by atoms with van der Waals surface area (Å²) < 4.78 is 14.3. The van der Waals surface area contributed by atoms with Crippen LogP contribution < -0.4 is 5.32 Å². The van der Waals surface area contributed by atoms with Gasteiger partial charge in [-0.3, -0.25) is 4.79 Å². The van der Waals surface area contributed by atoms with E-state index in [1.165, 1.54) is 13.0 Å². The number of nitrogens with one attached hydrogen (secondary N) is 1. The van der Waals surface area contributed by atoms with Crippen molar-refractivity contribution in [3.8, 4) is 0 Å². The summed E-state index contributed by atoms with van der Waals surface area (Å²) in [5.74, 6) is -0.560. The summed E-state index contributed by atoms with van der Waals surface area (Å²) in [5.41, 5.74) is -1.51. The number of amides is 1. The van der Waals surface area contributed by atoms with Crippen LogP contribution in [-0.4, -0.2) is 60.0 Å². The van der Waals surface area contributed by atoms with E-state index in [9.17, 15) is 19.8 Å². The first-order chi connectivity index (χ1) is 8.87. The summed E-state index contributed by atoms with van der Waals surface area (Å²) in [4.78, 5) is 22.1. The highest BCUT2D eigenvalue weighted by molar-refractivity contribution is 5.69. The zero-order valence-corrected chi connectivity index (χ0v) is 10.7. The molecule has 1 heterocycles. The number of hydrogen-bond donors (Lipinski definition) is 3. The molecule has 4 atom stereocenters. The van der Waals surface area contributed by atoms with E-state index in [0.717, 1.165) is 7.11 Å². The van der Waals surface area contributed by atoms with Crippen molar-refractivity contribution in [2.45, 2.75) is 31.0 Å². The lowest BCUT2D eigenvalue weighted by Crippen LogP contribution is -2.60. The summed E-state index contributed by atoms with van der Waals surface area (Å²) >= 11 is 0. The fourth-order valence-corrected chi connectivity index (χ4v) is 1.84. The standard InChI is InChI=1S/C11H17NO7/c1-4-11(12-10(16)17-3)7(5-18-6(2)13)19-9(15)8(11)14/h4,7-9,14-15H,1,5H2,2-3H3,(H,12,16)/t7-,8+,9?,11+/m1/s1. The quantitative estimate of drug-likeness (QED) is 0.441. The number of hydrogen-bond acceptors (Lipinski definition) is 7. The third-order valence-electron chi connectivity index (χ3n) is 2.88. The topological polar surface area (TPSA) is 114 Å². The number of aliphatic hydroxyl groups is 2. The second kappa shape index (κ2) is 6.00. The van der Waals surface area contributed by atoms with Gasteiger partial charge in [-0.25, -0.2) is 4.79 Å². The zero-order valence-electron chi connectivity index (χ0n) is 10.7. The van der Waals surface area contributed by atoms with Gasteiger partial charge in [0, 0.05) is 6.92 Å². The molecule has 108 valence electrons. The number of carbonyl (C=O) groups excluding carboxylic acids is 2. The van der Waals surface area contributed by atoms with Crippen molar-refractivity contribution in [1.82, 2.24) is 5.32 Å². The van der Waals surface area contributed by atoms with Crippen molar-refractivity contribution < 1.29 is 34.0 Å². The van der Waals surface area contributed by atoms with E-state index >= 15 is 0 Å². The van der Waals surface area contributed by atoms with Gasteiger partial charge in [-0.15, -0.1) is 6.58 Å². The molecule has 1 rings (SSSR count). The Bertz CT molecular complexity index is 372. The minimum Gasteiger partial charge on any atom is -0.463 e. The van der Waals surface area contributed by atoms with Crippen molar-refractivity contribution in [2.75, 3.05) is 13.7 Å². The molecule has 3 N–H and O–H groups in total. The average molecular weight is 275 g/mol. The molecule has 0 saturated carbocycles. The Kier molecular flexibility index (Phi) is 4.87. The lowest BCUT2D eigenvalue weighted by atomic mass is 9.88. The van der Waals surface area contributed by atoms with Gasteiger partial charge in [0.05, 0.1) is 7.11 Å². The van der Waals surface area contributed by atoms with Gasteiger partial charge in [-0.2, -0.15) is 0 Å². The highest BCUT2D eigenvalue weighted by Crippen LogP contribution is 2.31. The first-order valence-electron chi connectivity index (χ1n) is 5.52.